The molecule has 0 radical (unpaired) electrons. The third-order valence-corrected chi connectivity index (χ3v) is 3.81. The molecule has 1 heterocycles. The third-order valence-electron chi connectivity index (χ3n) is 3.81. The largest absolute Gasteiger partial charge is 0.493 e. The second-order valence-corrected chi connectivity index (χ2v) is 5.36. The van der Waals surface area contributed by atoms with E-state index in [-0.39, 0.29) is 11.8 Å². The molecule has 6 heteroatoms. The van der Waals surface area contributed by atoms with Crippen LogP contribution in [0.25, 0.3) is 0 Å². The maximum Gasteiger partial charge on any atom is 0.224 e. The van der Waals surface area contributed by atoms with Crippen molar-refractivity contribution < 1.29 is 19.1 Å². The molecule has 1 aromatic carbocycles. The number of hydrogen-bond donors (Lipinski definition) is 0. The Morgan fingerprint density at radius 2 is 2.17 bits per heavy atom. The van der Waals surface area contributed by atoms with Gasteiger partial charge in [-0.05, 0) is 12.1 Å². The molecule has 2 amide bonds. The number of nitrogens with zero attached hydrogens (tertiary/aromatic N) is 2. The fourth-order valence-electron chi connectivity index (χ4n) is 2.63. The van der Waals surface area contributed by atoms with E-state index in [0.29, 0.717) is 37.6 Å². The smallest absolute Gasteiger partial charge is 0.224 e. The van der Waals surface area contributed by atoms with Crippen LogP contribution in [0.1, 0.15) is 18.9 Å². The van der Waals surface area contributed by atoms with Crippen molar-refractivity contribution in [2.75, 3.05) is 32.2 Å². The van der Waals surface area contributed by atoms with E-state index in [1.807, 2.05) is 6.07 Å². The molecular weight excluding hydrogens is 296 g/mol. The zero-order valence-corrected chi connectivity index (χ0v) is 13.8. The second-order valence-electron chi connectivity index (χ2n) is 5.36. The number of carbonyl (C=O) groups excluding carboxylic acids is 2. The average molecular weight is 318 g/mol. The van der Waals surface area contributed by atoms with Crippen LogP contribution < -0.4 is 14.4 Å². The molecule has 0 fully saturated rings. The Bertz CT molecular complexity index is 627. The molecule has 2 rings (SSSR count). The minimum absolute atomic E-state index is 0.0145. The molecule has 0 saturated carbocycles. The van der Waals surface area contributed by atoms with E-state index in [1.54, 1.807) is 36.1 Å². The van der Waals surface area contributed by atoms with Crippen LogP contribution in [0, 0.1) is 0 Å². The van der Waals surface area contributed by atoms with Gasteiger partial charge in [-0.15, -0.1) is 0 Å². The highest BCUT2D eigenvalue weighted by Crippen LogP contribution is 2.39. The molecule has 0 aliphatic carbocycles. The molecule has 0 atom stereocenters. The number of ether oxygens (including phenoxy) is 2. The van der Waals surface area contributed by atoms with Crippen LogP contribution in [-0.4, -0.2) is 44.0 Å². The summed E-state index contributed by atoms with van der Waals surface area (Å²) in [7, 11) is 3.30. The van der Waals surface area contributed by atoms with Crippen LogP contribution in [0.5, 0.6) is 11.5 Å². The minimum atomic E-state index is -0.108. The van der Waals surface area contributed by atoms with Gasteiger partial charge in [0.2, 0.25) is 11.8 Å². The Hall–Kier alpha value is -2.50. The fourth-order valence-corrected chi connectivity index (χ4v) is 2.63. The summed E-state index contributed by atoms with van der Waals surface area (Å²) in [5.41, 5.74) is 1.51. The highest BCUT2D eigenvalue weighted by Gasteiger charge is 2.27. The first kappa shape index (κ1) is 16.9. The number of carbonyl (C=O) groups is 2. The van der Waals surface area contributed by atoms with E-state index in [2.05, 4.69) is 6.58 Å². The first-order valence-electron chi connectivity index (χ1n) is 7.45. The number of methoxy groups -OCH3 is 1. The van der Waals surface area contributed by atoms with Gasteiger partial charge in [-0.2, -0.15) is 0 Å². The van der Waals surface area contributed by atoms with E-state index in [0.717, 1.165) is 11.3 Å². The van der Waals surface area contributed by atoms with Crippen LogP contribution in [0.3, 0.4) is 0 Å². The summed E-state index contributed by atoms with van der Waals surface area (Å²) in [6.07, 6.45) is 1.93. The van der Waals surface area contributed by atoms with Gasteiger partial charge >= 0.3 is 0 Å². The molecule has 1 aliphatic rings. The zero-order valence-electron chi connectivity index (χ0n) is 13.8. The number of amides is 2. The summed E-state index contributed by atoms with van der Waals surface area (Å²) in [4.78, 5) is 27.4. The summed E-state index contributed by atoms with van der Waals surface area (Å²) < 4.78 is 11.1. The van der Waals surface area contributed by atoms with Gasteiger partial charge in [0.1, 0.15) is 6.61 Å². The lowest BCUT2D eigenvalue weighted by molar-refractivity contribution is -0.130. The van der Waals surface area contributed by atoms with Crippen molar-refractivity contribution >= 4 is 17.5 Å². The Morgan fingerprint density at radius 3 is 2.78 bits per heavy atom. The van der Waals surface area contributed by atoms with Crippen LogP contribution in [0.2, 0.25) is 0 Å². The quantitative estimate of drug-likeness (QED) is 0.797. The van der Waals surface area contributed by atoms with Crippen LogP contribution in [0.4, 0.5) is 5.69 Å². The summed E-state index contributed by atoms with van der Waals surface area (Å²) in [6, 6.07) is 3.61. The molecule has 6 nitrogen and oxygen atoms in total. The third kappa shape index (κ3) is 3.47. The van der Waals surface area contributed by atoms with Crippen molar-refractivity contribution in [3.8, 4) is 11.5 Å². The number of hydrogen-bond acceptors (Lipinski definition) is 4. The topological polar surface area (TPSA) is 59.1 Å². The number of fused-ring (bicyclic) bond motifs is 1. The van der Waals surface area contributed by atoms with E-state index < -0.39 is 0 Å². The fraction of sp³-hybridized carbons (Fsp3) is 0.412. The Kier molecular flexibility index (Phi) is 5.26. The highest BCUT2D eigenvalue weighted by molar-refractivity contribution is 5.94. The van der Waals surface area contributed by atoms with Gasteiger partial charge in [-0.1, -0.05) is 12.7 Å². The van der Waals surface area contributed by atoms with Crippen LogP contribution >= 0.6 is 0 Å². The van der Waals surface area contributed by atoms with E-state index in [9.17, 15) is 9.59 Å². The monoisotopic (exact) mass is 318 g/mol. The van der Waals surface area contributed by atoms with Crippen LogP contribution in [-0.2, 0) is 16.1 Å². The summed E-state index contributed by atoms with van der Waals surface area (Å²) in [5.74, 6) is 0.982. The minimum Gasteiger partial charge on any atom is -0.493 e. The first-order valence-corrected chi connectivity index (χ1v) is 7.45. The van der Waals surface area contributed by atoms with Crippen molar-refractivity contribution in [1.29, 1.82) is 0 Å². The van der Waals surface area contributed by atoms with Crippen molar-refractivity contribution in [3.63, 3.8) is 0 Å². The van der Waals surface area contributed by atoms with Gasteiger partial charge in [0.25, 0.3) is 0 Å². The molecule has 0 N–H and O–H groups in total. The van der Waals surface area contributed by atoms with Crippen molar-refractivity contribution in [2.24, 2.45) is 0 Å². The maximum absolute atomic E-state index is 12.1. The van der Waals surface area contributed by atoms with Gasteiger partial charge in [0.15, 0.2) is 11.5 Å². The van der Waals surface area contributed by atoms with Gasteiger partial charge in [0, 0.05) is 32.5 Å². The first-order chi connectivity index (χ1) is 11.0. The van der Waals surface area contributed by atoms with E-state index in [4.69, 9.17) is 9.47 Å². The summed E-state index contributed by atoms with van der Waals surface area (Å²) >= 11 is 0. The van der Waals surface area contributed by atoms with E-state index in [1.165, 1.54) is 6.92 Å². The molecule has 124 valence electrons. The number of anilines is 1. The Labute approximate surface area is 136 Å². The predicted octanol–water partition coefficient (Wildman–Crippen LogP) is 1.98. The zero-order chi connectivity index (χ0) is 17.0. The van der Waals surface area contributed by atoms with Gasteiger partial charge in [0.05, 0.1) is 19.3 Å². The van der Waals surface area contributed by atoms with Crippen molar-refractivity contribution in [1.82, 2.24) is 4.90 Å². The predicted molar refractivity (Wildman–Crippen MR) is 87.8 cm³/mol. The molecule has 23 heavy (non-hydrogen) atoms. The molecule has 1 aromatic rings. The molecule has 0 bridgehead atoms. The number of benzene rings is 1. The maximum atomic E-state index is 12.1. The second kappa shape index (κ2) is 7.17. The van der Waals surface area contributed by atoms with Gasteiger partial charge < -0.3 is 19.3 Å². The van der Waals surface area contributed by atoms with E-state index >= 15 is 0 Å². The van der Waals surface area contributed by atoms with Crippen molar-refractivity contribution in [2.45, 2.75) is 19.9 Å². The summed E-state index contributed by atoms with van der Waals surface area (Å²) in [5, 5.41) is 0. The van der Waals surface area contributed by atoms with Crippen LogP contribution in [0.15, 0.2) is 24.8 Å². The molecule has 0 spiro atoms. The molecule has 0 saturated heterocycles. The Morgan fingerprint density at radius 1 is 1.43 bits per heavy atom. The highest BCUT2D eigenvalue weighted by atomic mass is 16.5. The molecule has 0 unspecified atom stereocenters. The lowest BCUT2D eigenvalue weighted by Crippen LogP contribution is -2.38. The van der Waals surface area contributed by atoms with Crippen molar-refractivity contribution in [3.05, 3.63) is 30.4 Å². The normalized spacial score (nSPS) is 14.7. The molecule has 0 aromatic heterocycles. The number of rotatable bonds is 4. The lowest BCUT2D eigenvalue weighted by atomic mass is 10.1. The summed E-state index contributed by atoms with van der Waals surface area (Å²) in [6.45, 7) is 6.15. The lowest BCUT2D eigenvalue weighted by Gasteiger charge is -2.31. The van der Waals surface area contributed by atoms with Gasteiger partial charge in [-0.25, -0.2) is 0 Å². The Balaban J connectivity index is 2.61. The SMILES string of the molecule is C=CCOc1c(OC)ccc2c1CN(C)C(=O)CCN2C(C)=O. The molecule has 1 aliphatic heterocycles. The average Bonchev–Trinajstić information content (AvgIpc) is 2.52. The molecular formula is C17H22N2O4. The van der Waals surface area contributed by atoms with Gasteiger partial charge in [-0.3, -0.25) is 9.59 Å². The standard InChI is InChI=1S/C17H22N2O4/c1-5-10-23-17-13-11-18(3)16(21)8-9-19(12(2)20)14(13)6-7-15(17)22-4/h5-7H,1,8-11H2,2-4H3.